The predicted molar refractivity (Wildman–Crippen MR) is 117 cm³/mol. The third-order valence-corrected chi connectivity index (χ3v) is 5.32. The maximum atomic E-state index is 12.5. The van der Waals surface area contributed by atoms with Gasteiger partial charge in [0.2, 0.25) is 5.78 Å². The van der Waals surface area contributed by atoms with E-state index in [9.17, 15) is 14.4 Å². The first-order chi connectivity index (χ1) is 15.5. The van der Waals surface area contributed by atoms with Gasteiger partial charge < -0.3 is 20.3 Å². The molecule has 166 valence electrons. The summed E-state index contributed by atoms with van der Waals surface area (Å²) in [7, 11) is 0. The zero-order chi connectivity index (χ0) is 22.9. The second-order valence-electron chi connectivity index (χ2n) is 7.38. The molecule has 1 atom stereocenters. The fourth-order valence-corrected chi connectivity index (χ4v) is 3.88. The molecule has 0 aromatic heterocycles. The number of Topliss-reactive ketones (excluding diaryl/α,β-unsaturated/α-hetero) is 1. The molecule has 1 aliphatic rings. The minimum absolute atomic E-state index is 0.0757. The lowest BCUT2D eigenvalue weighted by atomic mass is 9.98. The van der Waals surface area contributed by atoms with Crippen LogP contribution >= 0.6 is 0 Å². The minimum atomic E-state index is -0.940. The molecule has 8 heteroatoms. The van der Waals surface area contributed by atoms with Crippen LogP contribution in [-0.2, 0) is 19.1 Å². The minimum Gasteiger partial charge on any atom is -0.464 e. The van der Waals surface area contributed by atoms with Crippen LogP contribution in [0.1, 0.15) is 43.2 Å². The topological polar surface area (TPSA) is 118 Å². The van der Waals surface area contributed by atoms with Gasteiger partial charge in [0.1, 0.15) is 12.6 Å². The summed E-state index contributed by atoms with van der Waals surface area (Å²) in [6.45, 7) is 1.96. The van der Waals surface area contributed by atoms with Crippen molar-refractivity contribution in [1.29, 1.82) is 0 Å². The van der Waals surface area contributed by atoms with Crippen molar-refractivity contribution < 1.29 is 28.6 Å². The number of amides is 1. The summed E-state index contributed by atoms with van der Waals surface area (Å²) in [5, 5.41) is 2.55. The lowest BCUT2D eigenvalue weighted by molar-refractivity contribution is -0.145. The van der Waals surface area contributed by atoms with E-state index < -0.39 is 18.1 Å². The Morgan fingerprint density at radius 1 is 1.06 bits per heavy atom. The van der Waals surface area contributed by atoms with Crippen molar-refractivity contribution >= 4 is 24.1 Å². The first kappa shape index (κ1) is 22.9. The smallest absolute Gasteiger partial charge is 0.407 e. The Morgan fingerprint density at radius 3 is 2.28 bits per heavy atom. The molecule has 0 saturated carbocycles. The van der Waals surface area contributed by atoms with E-state index in [2.05, 4.69) is 10.1 Å². The van der Waals surface area contributed by atoms with Crippen LogP contribution in [0.5, 0.6) is 0 Å². The van der Waals surface area contributed by atoms with Crippen molar-refractivity contribution in [2.75, 3.05) is 13.2 Å². The number of carbonyl (C=O) groups is 3. The number of rotatable bonds is 10. The second kappa shape index (κ2) is 11.0. The summed E-state index contributed by atoms with van der Waals surface area (Å²) in [4.78, 5) is 38.8. The van der Waals surface area contributed by atoms with Crippen LogP contribution in [0.25, 0.3) is 16.7 Å². The highest BCUT2D eigenvalue weighted by atomic mass is 16.6. The molecule has 2 aromatic rings. The number of benzene rings is 2. The monoisotopic (exact) mass is 435 g/mol. The zero-order valence-corrected chi connectivity index (χ0v) is 17.8. The summed E-state index contributed by atoms with van der Waals surface area (Å²) >= 11 is 0. The van der Waals surface area contributed by atoms with Crippen molar-refractivity contribution in [3.8, 4) is 11.1 Å². The summed E-state index contributed by atoms with van der Waals surface area (Å²) in [5.41, 5.74) is 12.8. The third-order valence-electron chi connectivity index (χ3n) is 5.32. The van der Waals surface area contributed by atoms with Gasteiger partial charge in [-0.15, -0.1) is 0 Å². The number of alkyl carbamates (subject to hydrolysis) is 1. The number of ether oxygens (including phenoxy) is 2. The molecule has 1 N–H and O–H groups in total. The van der Waals surface area contributed by atoms with Gasteiger partial charge in [-0.2, -0.15) is 4.79 Å². The van der Waals surface area contributed by atoms with E-state index in [-0.39, 0.29) is 37.8 Å². The van der Waals surface area contributed by atoms with Gasteiger partial charge in [0, 0.05) is 12.3 Å². The summed E-state index contributed by atoms with van der Waals surface area (Å²) in [5.74, 6) is -1.06. The maximum absolute atomic E-state index is 12.5. The fraction of sp³-hybridized carbons (Fsp3) is 0.333. The van der Waals surface area contributed by atoms with Crippen molar-refractivity contribution in [2.24, 2.45) is 0 Å². The van der Waals surface area contributed by atoms with Gasteiger partial charge in [-0.1, -0.05) is 48.5 Å². The largest absolute Gasteiger partial charge is 0.464 e. The van der Waals surface area contributed by atoms with Gasteiger partial charge in [-0.3, -0.25) is 4.79 Å². The number of hydrogen-bond donors (Lipinski definition) is 1. The molecular weight excluding hydrogens is 410 g/mol. The highest BCUT2D eigenvalue weighted by Gasteiger charge is 2.30. The Morgan fingerprint density at radius 2 is 1.69 bits per heavy atom. The van der Waals surface area contributed by atoms with Crippen LogP contribution in [0, 0.1) is 0 Å². The van der Waals surface area contributed by atoms with Crippen LogP contribution < -0.4 is 5.32 Å². The van der Waals surface area contributed by atoms with Gasteiger partial charge in [-0.05, 0) is 42.0 Å². The maximum Gasteiger partial charge on any atom is 0.407 e. The van der Waals surface area contributed by atoms with E-state index >= 15 is 0 Å². The highest BCUT2D eigenvalue weighted by molar-refractivity contribution is 6.25. The lowest BCUT2D eigenvalue weighted by Crippen LogP contribution is -2.42. The van der Waals surface area contributed by atoms with Crippen LogP contribution in [-0.4, -0.2) is 48.1 Å². The van der Waals surface area contributed by atoms with E-state index in [1.54, 1.807) is 6.92 Å². The van der Waals surface area contributed by atoms with Gasteiger partial charge in [0.05, 0.1) is 6.61 Å². The molecule has 3 rings (SSSR count). The number of fused-ring (bicyclic) bond motifs is 3. The molecule has 1 unspecified atom stereocenters. The average Bonchev–Trinajstić information content (AvgIpc) is 3.11. The molecular formula is C24H25N3O5. The van der Waals surface area contributed by atoms with Gasteiger partial charge >= 0.3 is 18.3 Å². The summed E-state index contributed by atoms with van der Waals surface area (Å²) < 4.78 is 10.5. The summed E-state index contributed by atoms with van der Waals surface area (Å²) in [6, 6.07) is 15.1. The van der Waals surface area contributed by atoms with E-state index in [0.29, 0.717) is 6.42 Å². The van der Waals surface area contributed by atoms with Crippen molar-refractivity contribution in [3.05, 3.63) is 65.2 Å². The molecule has 0 spiro atoms. The SMILES string of the molecule is CCOC(=O)C(CCCC(=O)C=[N+]=[N-])NC(=O)OCC1c2ccccc2-c2ccccc21. The van der Waals surface area contributed by atoms with Crippen LogP contribution in [0.15, 0.2) is 48.5 Å². The predicted octanol–water partition coefficient (Wildman–Crippen LogP) is 3.50. The Bertz CT molecular complexity index is 1000. The standard InChI is InChI=1S/C24H25N3O5/c1-2-31-23(29)22(13-7-8-16(28)14-26-25)27-24(30)32-15-21-19-11-5-3-9-17(19)18-10-4-6-12-20(18)21/h3-6,9-12,14,21-22H,2,7-8,13,15H2,1H3,(H,27,30). The number of carbonyl (C=O) groups excluding carboxylic acids is 3. The molecule has 8 nitrogen and oxygen atoms in total. The molecule has 0 radical (unpaired) electrons. The number of hydrogen-bond acceptors (Lipinski definition) is 5. The first-order valence-corrected chi connectivity index (χ1v) is 10.5. The van der Waals surface area contributed by atoms with Crippen molar-refractivity contribution in [3.63, 3.8) is 0 Å². The number of esters is 1. The van der Waals surface area contributed by atoms with E-state index in [4.69, 9.17) is 15.0 Å². The third kappa shape index (κ3) is 5.47. The van der Waals surface area contributed by atoms with Crippen molar-refractivity contribution in [1.82, 2.24) is 5.32 Å². The number of nitrogens with one attached hydrogen (secondary N) is 1. The van der Waals surface area contributed by atoms with E-state index in [1.165, 1.54) is 0 Å². The Hall–Kier alpha value is -3.77. The number of nitrogens with zero attached hydrogens (tertiary/aromatic N) is 2. The Labute approximate surface area is 186 Å². The first-order valence-electron chi connectivity index (χ1n) is 10.5. The van der Waals surface area contributed by atoms with E-state index in [0.717, 1.165) is 28.5 Å². The van der Waals surface area contributed by atoms with E-state index in [1.807, 2.05) is 48.5 Å². The normalized spacial score (nSPS) is 12.7. The highest BCUT2D eigenvalue weighted by Crippen LogP contribution is 2.44. The molecule has 0 bridgehead atoms. The summed E-state index contributed by atoms with van der Waals surface area (Å²) in [6.07, 6.45) is 0.643. The van der Waals surface area contributed by atoms with Crippen LogP contribution in [0.3, 0.4) is 0 Å². The molecule has 0 saturated heterocycles. The number of ketones is 1. The fourth-order valence-electron chi connectivity index (χ4n) is 3.88. The molecule has 0 heterocycles. The lowest BCUT2D eigenvalue weighted by Gasteiger charge is -2.18. The van der Waals surface area contributed by atoms with Crippen LogP contribution in [0.4, 0.5) is 4.79 Å². The zero-order valence-electron chi connectivity index (χ0n) is 17.8. The Balaban J connectivity index is 1.62. The van der Waals surface area contributed by atoms with Crippen LogP contribution in [0.2, 0.25) is 0 Å². The quantitative estimate of drug-likeness (QED) is 0.265. The molecule has 0 aliphatic heterocycles. The van der Waals surface area contributed by atoms with Crippen molar-refractivity contribution in [2.45, 2.75) is 38.1 Å². The molecule has 1 aliphatic carbocycles. The Kier molecular flexibility index (Phi) is 7.89. The molecule has 0 fully saturated rings. The molecule has 1 amide bonds. The molecule has 2 aromatic carbocycles. The van der Waals surface area contributed by atoms with Gasteiger partial charge in [-0.25, -0.2) is 9.59 Å². The second-order valence-corrected chi connectivity index (χ2v) is 7.38. The van der Waals surface area contributed by atoms with Gasteiger partial charge in [0.25, 0.3) is 0 Å². The average molecular weight is 435 g/mol. The van der Waals surface area contributed by atoms with Gasteiger partial charge in [0.15, 0.2) is 0 Å². The molecule has 32 heavy (non-hydrogen) atoms.